The van der Waals surface area contributed by atoms with Crippen LogP contribution >= 0.6 is 0 Å². The highest BCUT2D eigenvalue weighted by Gasteiger charge is 2.48. The van der Waals surface area contributed by atoms with Gasteiger partial charge in [-0.3, -0.25) is 4.79 Å². The number of nitrogens with zero attached hydrogens (tertiary/aromatic N) is 2. The van der Waals surface area contributed by atoms with Gasteiger partial charge in [0.15, 0.2) is 0 Å². The van der Waals surface area contributed by atoms with E-state index in [-0.39, 0.29) is 5.41 Å². The Hall–Kier alpha value is -2.22. The van der Waals surface area contributed by atoms with Crippen LogP contribution in [0.15, 0.2) is 30.3 Å². The number of hydrogen-bond donors (Lipinski definition) is 2. The molecular formula is C22H30F2N4O2. The van der Waals surface area contributed by atoms with E-state index in [1.165, 1.54) is 12.8 Å². The van der Waals surface area contributed by atoms with E-state index in [0.717, 1.165) is 32.0 Å². The molecule has 1 atom stereocenters. The van der Waals surface area contributed by atoms with E-state index in [2.05, 4.69) is 10.2 Å². The van der Waals surface area contributed by atoms with Crippen LogP contribution in [-0.2, 0) is 11.2 Å². The summed E-state index contributed by atoms with van der Waals surface area (Å²) < 4.78 is 29.0. The Morgan fingerprint density at radius 1 is 1.17 bits per heavy atom. The second kappa shape index (κ2) is 8.13. The first kappa shape index (κ1) is 21.0. The fourth-order valence-corrected chi connectivity index (χ4v) is 4.75. The zero-order chi connectivity index (χ0) is 21.4. The summed E-state index contributed by atoms with van der Waals surface area (Å²) in [5.41, 5.74) is 5.93. The summed E-state index contributed by atoms with van der Waals surface area (Å²) in [7, 11) is 0. The highest BCUT2D eigenvalue weighted by Crippen LogP contribution is 2.42. The van der Waals surface area contributed by atoms with Crippen molar-refractivity contribution in [2.24, 2.45) is 11.1 Å². The van der Waals surface area contributed by atoms with Crippen LogP contribution in [0.3, 0.4) is 0 Å². The maximum absolute atomic E-state index is 14.5. The maximum Gasteiger partial charge on any atom is 0.318 e. The van der Waals surface area contributed by atoms with Crippen molar-refractivity contribution >= 4 is 11.9 Å². The molecule has 0 bridgehead atoms. The number of amides is 3. The Labute approximate surface area is 175 Å². The molecule has 2 saturated heterocycles. The molecule has 0 unspecified atom stereocenters. The van der Waals surface area contributed by atoms with Crippen molar-refractivity contribution in [1.82, 2.24) is 15.1 Å². The lowest BCUT2D eigenvalue weighted by Crippen LogP contribution is -2.65. The average molecular weight is 421 g/mol. The third kappa shape index (κ3) is 4.91. The van der Waals surface area contributed by atoms with Gasteiger partial charge in [-0.05, 0) is 44.3 Å². The molecule has 3 N–H and O–H groups in total. The second-order valence-corrected chi connectivity index (χ2v) is 9.25. The number of alkyl halides is 2. The number of urea groups is 1. The van der Waals surface area contributed by atoms with Crippen molar-refractivity contribution in [1.29, 1.82) is 0 Å². The van der Waals surface area contributed by atoms with Gasteiger partial charge in [0, 0.05) is 37.4 Å². The van der Waals surface area contributed by atoms with E-state index in [1.807, 2.05) is 0 Å². The number of piperidine rings is 1. The minimum Gasteiger partial charge on any atom is -0.368 e. The van der Waals surface area contributed by atoms with Crippen molar-refractivity contribution in [3.63, 3.8) is 0 Å². The summed E-state index contributed by atoms with van der Waals surface area (Å²) in [6, 6.07) is 7.23. The third-order valence-corrected chi connectivity index (χ3v) is 6.71. The highest BCUT2D eigenvalue weighted by molar-refractivity contribution is 5.86. The molecule has 4 rings (SSSR count). The standard InChI is InChI=1S/C22H30F2N4O2/c23-22(24,12-16-4-2-1-3-5-16)13-18(19(25)29)26-20(30)28-14-21(15-28)8-10-27(11-9-21)17-6-7-17/h1-5,17-18H,6-15H2,(H2,25,29)(H,26,30)/t18-/m0/s1. The Balaban J connectivity index is 1.27. The van der Waals surface area contributed by atoms with E-state index in [4.69, 9.17) is 5.73 Å². The molecule has 6 nitrogen and oxygen atoms in total. The van der Waals surface area contributed by atoms with Gasteiger partial charge in [0.05, 0.1) is 0 Å². The first-order chi connectivity index (χ1) is 14.3. The van der Waals surface area contributed by atoms with E-state index >= 15 is 0 Å². The molecule has 1 aliphatic carbocycles. The average Bonchev–Trinajstić information content (AvgIpc) is 3.51. The fraction of sp³-hybridized carbons (Fsp3) is 0.636. The van der Waals surface area contributed by atoms with Gasteiger partial charge in [-0.2, -0.15) is 0 Å². The molecule has 3 aliphatic rings. The van der Waals surface area contributed by atoms with Crippen molar-refractivity contribution < 1.29 is 18.4 Å². The first-order valence-electron chi connectivity index (χ1n) is 10.8. The quantitative estimate of drug-likeness (QED) is 0.711. The first-order valence-corrected chi connectivity index (χ1v) is 10.8. The Morgan fingerprint density at radius 3 is 2.37 bits per heavy atom. The number of benzene rings is 1. The van der Waals surface area contributed by atoms with Gasteiger partial charge in [-0.25, -0.2) is 13.6 Å². The number of primary amides is 1. The highest BCUT2D eigenvalue weighted by atomic mass is 19.3. The summed E-state index contributed by atoms with van der Waals surface area (Å²) in [6.45, 7) is 3.36. The maximum atomic E-state index is 14.5. The Kier molecular flexibility index (Phi) is 5.70. The van der Waals surface area contributed by atoms with Crippen LogP contribution in [-0.4, -0.2) is 65.9 Å². The van der Waals surface area contributed by atoms with Crippen LogP contribution in [0.4, 0.5) is 13.6 Å². The van der Waals surface area contributed by atoms with E-state index in [9.17, 15) is 18.4 Å². The van der Waals surface area contributed by atoms with Crippen LogP contribution < -0.4 is 11.1 Å². The predicted octanol–water partition coefficient (Wildman–Crippen LogP) is 2.38. The number of hydrogen-bond acceptors (Lipinski definition) is 3. The molecule has 1 saturated carbocycles. The molecule has 164 valence electrons. The summed E-state index contributed by atoms with van der Waals surface area (Å²) in [5.74, 6) is -4.09. The largest absolute Gasteiger partial charge is 0.368 e. The zero-order valence-electron chi connectivity index (χ0n) is 17.2. The summed E-state index contributed by atoms with van der Waals surface area (Å²) >= 11 is 0. The van der Waals surface area contributed by atoms with Crippen molar-refractivity contribution in [3.05, 3.63) is 35.9 Å². The number of carbonyl (C=O) groups is 2. The monoisotopic (exact) mass is 420 g/mol. The molecule has 3 amide bonds. The van der Waals surface area contributed by atoms with Crippen molar-refractivity contribution in [2.75, 3.05) is 26.2 Å². The molecule has 1 aromatic carbocycles. The molecular weight excluding hydrogens is 390 g/mol. The normalized spacial score (nSPS) is 22.4. The second-order valence-electron chi connectivity index (χ2n) is 9.25. The number of nitrogens with two attached hydrogens (primary N) is 1. The molecule has 1 spiro atoms. The van der Waals surface area contributed by atoms with Gasteiger partial charge >= 0.3 is 6.03 Å². The van der Waals surface area contributed by atoms with Gasteiger partial charge in [0.25, 0.3) is 5.92 Å². The molecule has 0 radical (unpaired) electrons. The topological polar surface area (TPSA) is 78.7 Å². The van der Waals surface area contributed by atoms with Gasteiger partial charge in [-0.15, -0.1) is 0 Å². The minimum atomic E-state index is -3.15. The predicted molar refractivity (Wildman–Crippen MR) is 109 cm³/mol. The van der Waals surface area contributed by atoms with Gasteiger partial charge in [-0.1, -0.05) is 30.3 Å². The SMILES string of the molecule is NC(=O)[C@H](CC(F)(F)Cc1ccccc1)NC(=O)N1CC2(CCN(C3CC3)CC2)C1. The molecule has 2 aliphatic heterocycles. The van der Waals surface area contributed by atoms with Crippen molar-refractivity contribution in [2.45, 2.75) is 56.5 Å². The zero-order valence-corrected chi connectivity index (χ0v) is 17.2. The van der Waals surface area contributed by atoms with Crippen molar-refractivity contribution in [3.8, 4) is 0 Å². The summed E-state index contributed by atoms with van der Waals surface area (Å²) in [6.07, 6.45) is 3.40. The van der Waals surface area contributed by atoms with Crippen LogP contribution in [0.2, 0.25) is 0 Å². The molecule has 3 fully saturated rings. The lowest BCUT2D eigenvalue weighted by molar-refractivity contribution is -0.122. The minimum absolute atomic E-state index is 0.141. The summed E-state index contributed by atoms with van der Waals surface area (Å²) in [4.78, 5) is 28.4. The van der Waals surface area contributed by atoms with E-state index in [0.29, 0.717) is 18.7 Å². The third-order valence-electron chi connectivity index (χ3n) is 6.71. The molecule has 0 aromatic heterocycles. The molecule has 30 heavy (non-hydrogen) atoms. The van der Waals surface area contributed by atoms with E-state index < -0.39 is 36.7 Å². The van der Waals surface area contributed by atoms with Crippen LogP contribution in [0, 0.1) is 5.41 Å². The Morgan fingerprint density at radius 2 is 1.80 bits per heavy atom. The van der Waals surface area contributed by atoms with Gasteiger partial charge < -0.3 is 20.9 Å². The van der Waals surface area contributed by atoms with Crippen LogP contribution in [0.5, 0.6) is 0 Å². The lowest BCUT2D eigenvalue weighted by Gasteiger charge is -2.54. The van der Waals surface area contributed by atoms with E-state index in [1.54, 1.807) is 35.2 Å². The fourth-order valence-electron chi connectivity index (χ4n) is 4.75. The smallest absolute Gasteiger partial charge is 0.318 e. The lowest BCUT2D eigenvalue weighted by atomic mass is 9.72. The Bertz CT molecular complexity index is 769. The van der Waals surface area contributed by atoms with Gasteiger partial charge in [0.2, 0.25) is 5.91 Å². The summed E-state index contributed by atoms with van der Waals surface area (Å²) in [5, 5.41) is 2.44. The van der Waals surface area contributed by atoms with Crippen LogP contribution in [0.1, 0.15) is 37.7 Å². The molecule has 2 heterocycles. The number of halogens is 2. The number of likely N-dealkylation sites (tertiary alicyclic amines) is 2. The van der Waals surface area contributed by atoms with Crippen LogP contribution in [0.25, 0.3) is 0 Å². The molecule has 8 heteroatoms. The van der Waals surface area contributed by atoms with Gasteiger partial charge in [0.1, 0.15) is 6.04 Å². The number of nitrogens with one attached hydrogen (secondary N) is 1. The number of carbonyl (C=O) groups excluding carboxylic acids is 2. The molecule has 1 aromatic rings. The number of rotatable bonds is 7.